The Morgan fingerprint density at radius 3 is 2.65 bits per heavy atom. The van der Waals surface area contributed by atoms with Gasteiger partial charge in [0, 0.05) is 37.1 Å². The smallest absolute Gasteiger partial charge is 0.223 e. The number of likely N-dealkylation sites (tertiary alicyclic amines) is 1. The van der Waals surface area contributed by atoms with Crippen LogP contribution in [0.15, 0.2) is 12.3 Å². The van der Waals surface area contributed by atoms with E-state index < -0.39 is 0 Å². The highest BCUT2D eigenvalue weighted by Crippen LogP contribution is 2.15. The molecule has 0 spiro atoms. The van der Waals surface area contributed by atoms with E-state index in [0.717, 1.165) is 11.6 Å². The van der Waals surface area contributed by atoms with Crippen LogP contribution in [0, 0.1) is 6.92 Å². The SMILES string of the molecule is Cc1ccnc(NC2CCN(C(C)C)CC2)n1. The van der Waals surface area contributed by atoms with Crippen LogP contribution in [-0.2, 0) is 0 Å². The van der Waals surface area contributed by atoms with Gasteiger partial charge in [0.15, 0.2) is 0 Å². The quantitative estimate of drug-likeness (QED) is 0.869. The average molecular weight is 234 g/mol. The minimum absolute atomic E-state index is 0.520. The van der Waals surface area contributed by atoms with E-state index in [1.807, 2.05) is 19.2 Å². The molecule has 94 valence electrons. The van der Waals surface area contributed by atoms with Crippen LogP contribution in [0.1, 0.15) is 32.4 Å². The van der Waals surface area contributed by atoms with Crippen molar-refractivity contribution in [2.24, 2.45) is 0 Å². The van der Waals surface area contributed by atoms with Crippen molar-refractivity contribution >= 4 is 5.95 Å². The molecule has 1 aliphatic rings. The molecule has 0 aromatic carbocycles. The second-order valence-corrected chi connectivity index (χ2v) is 5.07. The monoisotopic (exact) mass is 234 g/mol. The first-order valence-electron chi connectivity index (χ1n) is 6.45. The summed E-state index contributed by atoms with van der Waals surface area (Å²) in [6, 6.07) is 3.10. The molecule has 1 fully saturated rings. The lowest BCUT2D eigenvalue weighted by Gasteiger charge is -2.34. The van der Waals surface area contributed by atoms with E-state index in [1.54, 1.807) is 0 Å². The molecule has 4 nitrogen and oxygen atoms in total. The van der Waals surface area contributed by atoms with Crippen molar-refractivity contribution in [3.05, 3.63) is 18.0 Å². The van der Waals surface area contributed by atoms with Gasteiger partial charge in [-0.25, -0.2) is 9.97 Å². The summed E-state index contributed by atoms with van der Waals surface area (Å²) < 4.78 is 0. The van der Waals surface area contributed by atoms with Crippen LogP contribution in [-0.4, -0.2) is 40.0 Å². The van der Waals surface area contributed by atoms with Gasteiger partial charge < -0.3 is 10.2 Å². The van der Waals surface area contributed by atoms with E-state index in [-0.39, 0.29) is 0 Å². The second kappa shape index (κ2) is 5.45. The molecule has 0 bridgehead atoms. The fourth-order valence-electron chi connectivity index (χ4n) is 2.26. The third-order valence-electron chi connectivity index (χ3n) is 3.39. The van der Waals surface area contributed by atoms with Crippen molar-refractivity contribution in [2.45, 2.75) is 45.7 Å². The molecule has 0 atom stereocenters. The van der Waals surface area contributed by atoms with Crippen LogP contribution in [0.3, 0.4) is 0 Å². The number of aryl methyl sites for hydroxylation is 1. The summed E-state index contributed by atoms with van der Waals surface area (Å²) in [4.78, 5) is 11.2. The normalized spacial score (nSPS) is 18.6. The third-order valence-corrected chi connectivity index (χ3v) is 3.39. The fraction of sp³-hybridized carbons (Fsp3) is 0.692. The lowest BCUT2D eigenvalue weighted by molar-refractivity contribution is 0.177. The minimum atomic E-state index is 0.520. The first-order chi connectivity index (χ1) is 8.15. The Bertz CT molecular complexity index is 356. The molecule has 2 heterocycles. The number of piperidine rings is 1. The molecule has 1 aromatic heterocycles. The Labute approximate surface area is 103 Å². The maximum atomic E-state index is 4.39. The Kier molecular flexibility index (Phi) is 3.94. The van der Waals surface area contributed by atoms with E-state index in [4.69, 9.17) is 0 Å². The highest BCUT2D eigenvalue weighted by atomic mass is 15.2. The number of rotatable bonds is 3. The molecule has 0 saturated carbocycles. The lowest BCUT2D eigenvalue weighted by atomic mass is 10.0. The fourth-order valence-corrected chi connectivity index (χ4v) is 2.26. The zero-order valence-electron chi connectivity index (χ0n) is 11.0. The summed E-state index contributed by atoms with van der Waals surface area (Å²) >= 11 is 0. The van der Waals surface area contributed by atoms with Crippen LogP contribution in [0.25, 0.3) is 0 Å². The van der Waals surface area contributed by atoms with Crippen molar-refractivity contribution in [3.63, 3.8) is 0 Å². The van der Waals surface area contributed by atoms with Crippen LogP contribution in [0.5, 0.6) is 0 Å². The molecule has 0 amide bonds. The van der Waals surface area contributed by atoms with Gasteiger partial charge >= 0.3 is 0 Å². The van der Waals surface area contributed by atoms with Gasteiger partial charge in [-0.3, -0.25) is 0 Å². The summed E-state index contributed by atoms with van der Waals surface area (Å²) in [5.74, 6) is 0.771. The topological polar surface area (TPSA) is 41.1 Å². The third kappa shape index (κ3) is 3.40. The predicted molar refractivity (Wildman–Crippen MR) is 70.1 cm³/mol. The molecule has 2 rings (SSSR count). The van der Waals surface area contributed by atoms with Gasteiger partial charge in [-0.2, -0.15) is 0 Å². The van der Waals surface area contributed by atoms with Gasteiger partial charge in [-0.15, -0.1) is 0 Å². The van der Waals surface area contributed by atoms with Crippen molar-refractivity contribution in [1.82, 2.24) is 14.9 Å². The first-order valence-corrected chi connectivity index (χ1v) is 6.45. The highest BCUT2D eigenvalue weighted by Gasteiger charge is 2.20. The minimum Gasteiger partial charge on any atom is -0.351 e. The van der Waals surface area contributed by atoms with Crippen LogP contribution >= 0.6 is 0 Å². The highest BCUT2D eigenvalue weighted by molar-refractivity contribution is 5.26. The van der Waals surface area contributed by atoms with Crippen molar-refractivity contribution < 1.29 is 0 Å². The molecule has 4 heteroatoms. The van der Waals surface area contributed by atoms with Gasteiger partial charge in [0.25, 0.3) is 0 Å². The van der Waals surface area contributed by atoms with Gasteiger partial charge in [0.1, 0.15) is 0 Å². The molecule has 0 aliphatic carbocycles. The first kappa shape index (κ1) is 12.3. The van der Waals surface area contributed by atoms with Crippen LogP contribution in [0.4, 0.5) is 5.95 Å². The summed E-state index contributed by atoms with van der Waals surface area (Å²) in [6.45, 7) is 8.85. The second-order valence-electron chi connectivity index (χ2n) is 5.07. The molecular formula is C13H22N4. The van der Waals surface area contributed by atoms with E-state index >= 15 is 0 Å². The molecule has 1 saturated heterocycles. The summed E-state index contributed by atoms with van der Waals surface area (Å²) in [7, 11) is 0. The maximum Gasteiger partial charge on any atom is 0.223 e. The average Bonchev–Trinajstić information content (AvgIpc) is 2.29. The van der Waals surface area contributed by atoms with E-state index in [2.05, 4.69) is 34.0 Å². The molecule has 0 radical (unpaired) electrons. The number of hydrogen-bond acceptors (Lipinski definition) is 4. The van der Waals surface area contributed by atoms with E-state index in [0.29, 0.717) is 12.1 Å². The van der Waals surface area contributed by atoms with Crippen LogP contribution in [0.2, 0.25) is 0 Å². The molecule has 1 aromatic rings. The van der Waals surface area contributed by atoms with Crippen molar-refractivity contribution in [2.75, 3.05) is 18.4 Å². The summed E-state index contributed by atoms with van der Waals surface area (Å²) in [6.07, 6.45) is 4.17. The number of aromatic nitrogens is 2. The largest absolute Gasteiger partial charge is 0.351 e. The maximum absolute atomic E-state index is 4.39. The van der Waals surface area contributed by atoms with Gasteiger partial charge in [0.05, 0.1) is 0 Å². The standard InChI is InChI=1S/C13H22N4/c1-10(2)17-8-5-12(6-9-17)16-13-14-7-4-11(3)15-13/h4,7,10,12H,5-6,8-9H2,1-3H3,(H,14,15,16). The molecule has 17 heavy (non-hydrogen) atoms. The van der Waals surface area contributed by atoms with E-state index in [1.165, 1.54) is 25.9 Å². The Hall–Kier alpha value is -1.16. The Balaban J connectivity index is 1.86. The molecule has 1 N–H and O–H groups in total. The zero-order valence-corrected chi connectivity index (χ0v) is 11.0. The Morgan fingerprint density at radius 1 is 1.35 bits per heavy atom. The van der Waals surface area contributed by atoms with E-state index in [9.17, 15) is 0 Å². The number of anilines is 1. The Morgan fingerprint density at radius 2 is 2.06 bits per heavy atom. The van der Waals surface area contributed by atoms with Gasteiger partial charge in [-0.05, 0) is 39.7 Å². The summed E-state index contributed by atoms with van der Waals surface area (Å²) in [5.41, 5.74) is 1.02. The molecule has 1 aliphatic heterocycles. The van der Waals surface area contributed by atoms with Crippen LogP contribution < -0.4 is 5.32 Å². The van der Waals surface area contributed by atoms with Gasteiger partial charge in [-0.1, -0.05) is 0 Å². The molecule has 0 unspecified atom stereocenters. The zero-order chi connectivity index (χ0) is 12.3. The number of hydrogen-bond donors (Lipinski definition) is 1. The number of nitrogens with one attached hydrogen (secondary N) is 1. The van der Waals surface area contributed by atoms with Crippen molar-refractivity contribution in [1.29, 1.82) is 0 Å². The summed E-state index contributed by atoms with van der Waals surface area (Å²) in [5, 5.41) is 3.43. The lowest BCUT2D eigenvalue weighted by Crippen LogP contribution is -2.42. The predicted octanol–water partition coefficient (Wildman–Crippen LogP) is 2.07. The van der Waals surface area contributed by atoms with Crippen molar-refractivity contribution in [3.8, 4) is 0 Å². The number of nitrogens with zero attached hydrogens (tertiary/aromatic N) is 3. The molecular weight excluding hydrogens is 212 g/mol. The van der Waals surface area contributed by atoms with Gasteiger partial charge in [0.2, 0.25) is 5.95 Å².